The van der Waals surface area contributed by atoms with Gasteiger partial charge in [0.15, 0.2) is 0 Å². The third-order valence-corrected chi connectivity index (χ3v) is 5.07. The number of hydrogen-bond donors (Lipinski definition) is 1. The molecule has 1 heterocycles. The fourth-order valence-corrected chi connectivity index (χ4v) is 2.99. The fraction of sp³-hybridized carbons (Fsp3) is 0.571. The van der Waals surface area contributed by atoms with E-state index in [1.807, 2.05) is 13.0 Å². The number of halogens is 3. The molecule has 1 aliphatic heterocycles. The maximum absolute atomic E-state index is 6.25. The van der Waals surface area contributed by atoms with Gasteiger partial charge in [0.05, 0.1) is 21.7 Å². The Morgan fingerprint density at radius 1 is 1.35 bits per heavy atom. The van der Waals surface area contributed by atoms with Crippen molar-refractivity contribution >= 4 is 34.8 Å². The van der Waals surface area contributed by atoms with Crippen LogP contribution in [0.15, 0.2) is 12.1 Å². The highest BCUT2D eigenvalue weighted by molar-refractivity contribution is 6.48. The molecule has 1 fully saturated rings. The summed E-state index contributed by atoms with van der Waals surface area (Å²) in [5.41, 5.74) is 0.669. The van der Waals surface area contributed by atoms with Crippen molar-refractivity contribution < 1.29 is 9.47 Å². The zero-order valence-corrected chi connectivity index (χ0v) is 13.8. The standard InChI is InChI=1S/C14H18Cl3NO2/c1-9(10-3-4-11(15)13(17)12(10)16)18-7-14(19-2)5-6-20-8-14/h3-4,9,18H,5-8H2,1-2H3. The Kier molecular flexibility index (Phi) is 5.57. The highest BCUT2D eigenvalue weighted by Crippen LogP contribution is 2.35. The van der Waals surface area contributed by atoms with Crippen LogP contribution in [-0.4, -0.2) is 32.5 Å². The number of rotatable bonds is 5. The highest BCUT2D eigenvalue weighted by atomic mass is 35.5. The van der Waals surface area contributed by atoms with E-state index in [0.29, 0.717) is 28.2 Å². The van der Waals surface area contributed by atoms with Gasteiger partial charge in [-0.25, -0.2) is 0 Å². The average Bonchev–Trinajstić information content (AvgIpc) is 2.92. The van der Waals surface area contributed by atoms with Crippen molar-refractivity contribution in [3.05, 3.63) is 32.8 Å². The third-order valence-electron chi connectivity index (χ3n) is 3.76. The minimum absolute atomic E-state index is 0.0462. The molecule has 0 aromatic heterocycles. The summed E-state index contributed by atoms with van der Waals surface area (Å²) in [6, 6.07) is 3.69. The molecule has 1 N–H and O–H groups in total. The van der Waals surface area contributed by atoms with E-state index in [9.17, 15) is 0 Å². The fourth-order valence-electron chi connectivity index (χ4n) is 2.29. The van der Waals surface area contributed by atoms with E-state index < -0.39 is 0 Å². The Hall–Kier alpha value is -0.0300. The van der Waals surface area contributed by atoms with Crippen LogP contribution >= 0.6 is 34.8 Å². The summed E-state index contributed by atoms with van der Waals surface area (Å²) in [6.07, 6.45) is 0.887. The molecule has 6 heteroatoms. The monoisotopic (exact) mass is 337 g/mol. The first kappa shape index (κ1) is 16.3. The first-order valence-corrected chi connectivity index (χ1v) is 7.62. The Morgan fingerprint density at radius 3 is 2.70 bits per heavy atom. The lowest BCUT2D eigenvalue weighted by Crippen LogP contribution is -2.43. The molecule has 0 radical (unpaired) electrons. The molecule has 1 aromatic carbocycles. The maximum Gasteiger partial charge on any atom is 0.106 e. The number of methoxy groups -OCH3 is 1. The Labute approximate surface area is 134 Å². The van der Waals surface area contributed by atoms with Crippen LogP contribution in [-0.2, 0) is 9.47 Å². The van der Waals surface area contributed by atoms with Crippen LogP contribution in [0.4, 0.5) is 0 Å². The van der Waals surface area contributed by atoms with Gasteiger partial charge in [-0.2, -0.15) is 0 Å². The van der Waals surface area contributed by atoms with Crippen LogP contribution in [0.2, 0.25) is 15.1 Å². The molecular weight excluding hydrogens is 321 g/mol. The van der Waals surface area contributed by atoms with Gasteiger partial charge in [-0.05, 0) is 18.6 Å². The van der Waals surface area contributed by atoms with Gasteiger partial charge in [0, 0.05) is 32.7 Å². The Bertz CT molecular complexity index is 476. The predicted octanol–water partition coefficient (Wildman–Crippen LogP) is 4.10. The van der Waals surface area contributed by atoms with Gasteiger partial charge in [0.2, 0.25) is 0 Å². The minimum Gasteiger partial charge on any atom is -0.378 e. The zero-order chi connectivity index (χ0) is 14.8. The Balaban J connectivity index is 2.05. The van der Waals surface area contributed by atoms with Gasteiger partial charge >= 0.3 is 0 Å². The van der Waals surface area contributed by atoms with Crippen LogP contribution < -0.4 is 5.32 Å². The van der Waals surface area contributed by atoms with Gasteiger partial charge in [-0.15, -0.1) is 0 Å². The van der Waals surface area contributed by atoms with Crippen LogP contribution in [0.3, 0.4) is 0 Å². The van der Waals surface area contributed by atoms with Crippen molar-refractivity contribution in [1.82, 2.24) is 5.32 Å². The minimum atomic E-state index is -0.253. The second-order valence-corrected chi connectivity index (χ2v) is 6.22. The van der Waals surface area contributed by atoms with E-state index in [1.165, 1.54) is 0 Å². The van der Waals surface area contributed by atoms with Crippen LogP contribution in [0.25, 0.3) is 0 Å². The van der Waals surface area contributed by atoms with Crippen LogP contribution in [0.1, 0.15) is 24.9 Å². The van der Waals surface area contributed by atoms with Crippen LogP contribution in [0, 0.1) is 0 Å². The molecule has 0 amide bonds. The molecule has 0 saturated carbocycles. The smallest absolute Gasteiger partial charge is 0.106 e. The normalized spacial score (nSPS) is 24.1. The van der Waals surface area contributed by atoms with Crippen molar-refractivity contribution in [1.29, 1.82) is 0 Å². The summed E-state index contributed by atoms with van der Waals surface area (Å²) in [4.78, 5) is 0. The largest absolute Gasteiger partial charge is 0.378 e. The van der Waals surface area contributed by atoms with E-state index in [0.717, 1.165) is 18.6 Å². The van der Waals surface area contributed by atoms with Crippen LogP contribution in [0.5, 0.6) is 0 Å². The lowest BCUT2D eigenvalue weighted by Gasteiger charge is -2.28. The lowest BCUT2D eigenvalue weighted by atomic mass is 10.0. The number of nitrogens with one attached hydrogen (secondary N) is 1. The Morgan fingerprint density at radius 2 is 2.10 bits per heavy atom. The van der Waals surface area contributed by atoms with Gasteiger partial charge in [-0.3, -0.25) is 0 Å². The number of benzene rings is 1. The number of ether oxygens (including phenoxy) is 2. The van der Waals surface area contributed by atoms with Crippen molar-refractivity contribution in [2.24, 2.45) is 0 Å². The molecule has 112 valence electrons. The summed E-state index contributed by atoms with van der Waals surface area (Å²) < 4.78 is 11.0. The molecule has 1 saturated heterocycles. The third kappa shape index (κ3) is 3.41. The molecule has 2 atom stereocenters. The van der Waals surface area contributed by atoms with Gasteiger partial charge in [0.25, 0.3) is 0 Å². The van der Waals surface area contributed by atoms with E-state index >= 15 is 0 Å². The van der Waals surface area contributed by atoms with Crippen molar-refractivity contribution in [2.45, 2.75) is 25.0 Å². The number of hydrogen-bond acceptors (Lipinski definition) is 3. The first-order chi connectivity index (χ1) is 9.49. The average molecular weight is 339 g/mol. The topological polar surface area (TPSA) is 30.5 Å². The molecule has 0 aliphatic carbocycles. The molecular formula is C14H18Cl3NO2. The predicted molar refractivity (Wildman–Crippen MR) is 83.1 cm³/mol. The second kappa shape index (κ2) is 6.82. The van der Waals surface area contributed by atoms with Gasteiger partial charge in [0.1, 0.15) is 5.60 Å². The summed E-state index contributed by atoms with van der Waals surface area (Å²) in [6.45, 7) is 4.07. The lowest BCUT2D eigenvalue weighted by molar-refractivity contribution is -0.0172. The molecule has 0 bridgehead atoms. The first-order valence-electron chi connectivity index (χ1n) is 6.49. The van der Waals surface area contributed by atoms with E-state index in [1.54, 1.807) is 13.2 Å². The second-order valence-electron chi connectivity index (χ2n) is 5.06. The molecule has 2 unspecified atom stereocenters. The summed E-state index contributed by atoms with van der Waals surface area (Å²) in [5.74, 6) is 0. The van der Waals surface area contributed by atoms with E-state index in [2.05, 4.69) is 5.32 Å². The SMILES string of the molecule is COC1(CNC(C)c2ccc(Cl)c(Cl)c2Cl)CCOC1. The van der Waals surface area contributed by atoms with Gasteiger partial charge in [-0.1, -0.05) is 40.9 Å². The summed E-state index contributed by atoms with van der Waals surface area (Å²) in [5, 5.41) is 4.78. The van der Waals surface area contributed by atoms with Crippen molar-refractivity contribution in [3.63, 3.8) is 0 Å². The van der Waals surface area contributed by atoms with E-state index in [4.69, 9.17) is 44.3 Å². The van der Waals surface area contributed by atoms with E-state index in [-0.39, 0.29) is 11.6 Å². The molecule has 0 spiro atoms. The summed E-state index contributed by atoms with van der Waals surface area (Å²) >= 11 is 18.3. The molecule has 1 aliphatic rings. The molecule has 20 heavy (non-hydrogen) atoms. The highest BCUT2D eigenvalue weighted by Gasteiger charge is 2.35. The maximum atomic E-state index is 6.25. The molecule has 2 rings (SSSR count). The quantitative estimate of drug-likeness (QED) is 0.820. The van der Waals surface area contributed by atoms with Crippen molar-refractivity contribution in [3.8, 4) is 0 Å². The zero-order valence-electron chi connectivity index (χ0n) is 11.5. The molecule has 3 nitrogen and oxygen atoms in total. The molecule has 1 aromatic rings. The summed E-state index contributed by atoms with van der Waals surface area (Å²) in [7, 11) is 1.72. The van der Waals surface area contributed by atoms with Gasteiger partial charge < -0.3 is 14.8 Å². The van der Waals surface area contributed by atoms with Crippen molar-refractivity contribution in [2.75, 3.05) is 26.9 Å².